The monoisotopic (exact) mass is 322 g/mol. The molecule has 2 rings (SSSR count). The zero-order valence-corrected chi connectivity index (χ0v) is 12.7. The van der Waals surface area contributed by atoms with Crippen molar-refractivity contribution in [3.8, 4) is 5.75 Å². The van der Waals surface area contributed by atoms with Crippen LogP contribution in [0.2, 0.25) is 0 Å². The number of ether oxygens (including phenoxy) is 2. The molecule has 0 spiro atoms. The predicted octanol–water partition coefficient (Wildman–Crippen LogP) is 0.0179. The second kappa shape index (κ2) is 7.59. The van der Waals surface area contributed by atoms with E-state index >= 15 is 0 Å². The summed E-state index contributed by atoms with van der Waals surface area (Å²) in [5.41, 5.74) is 0.389. The first-order chi connectivity index (χ1) is 11.0. The minimum absolute atomic E-state index is 0.00856. The number of anilines is 1. The lowest BCUT2D eigenvalue weighted by Gasteiger charge is -2.22. The van der Waals surface area contributed by atoms with Crippen molar-refractivity contribution < 1.29 is 29.0 Å². The number of fused-ring (bicyclic) bond motifs is 1. The van der Waals surface area contributed by atoms with E-state index in [0.717, 1.165) is 4.90 Å². The van der Waals surface area contributed by atoms with Crippen LogP contribution in [0.3, 0.4) is 0 Å². The van der Waals surface area contributed by atoms with Gasteiger partial charge in [0.1, 0.15) is 24.9 Å². The highest BCUT2D eigenvalue weighted by atomic mass is 16.5. The van der Waals surface area contributed by atoms with Gasteiger partial charge in [0.25, 0.3) is 0 Å². The summed E-state index contributed by atoms with van der Waals surface area (Å²) in [4.78, 5) is 36.2. The SMILES string of the molecule is CCOC(=O)CN[C@H]1COc2ccccc2N(CC(=O)O)C1=O. The molecular weight excluding hydrogens is 304 g/mol. The van der Waals surface area contributed by atoms with Crippen molar-refractivity contribution in [2.24, 2.45) is 0 Å². The first kappa shape index (κ1) is 16.8. The van der Waals surface area contributed by atoms with E-state index in [4.69, 9.17) is 14.6 Å². The summed E-state index contributed by atoms with van der Waals surface area (Å²) >= 11 is 0. The molecule has 1 atom stereocenters. The maximum absolute atomic E-state index is 12.6. The average molecular weight is 322 g/mol. The summed E-state index contributed by atoms with van der Waals surface area (Å²) in [5, 5.41) is 11.8. The largest absolute Gasteiger partial charge is 0.489 e. The molecule has 1 aromatic carbocycles. The Bertz CT molecular complexity index is 603. The van der Waals surface area contributed by atoms with Gasteiger partial charge in [0.15, 0.2) is 0 Å². The van der Waals surface area contributed by atoms with Crippen LogP contribution in [0.4, 0.5) is 5.69 Å². The number of carbonyl (C=O) groups excluding carboxylic acids is 2. The van der Waals surface area contributed by atoms with Crippen LogP contribution in [0.25, 0.3) is 0 Å². The Balaban J connectivity index is 2.17. The molecule has 0 unspecified atom stereocenters. The van der Waals surface area contributed by atoms with Gasteiger partial charge in [0.2, 0.25) is 5.91 Å². The average Bonchev–Trinajstić information content (AvgIpc) is 2.64. The van der Waals surface area contributed by atoms with Crippen LogP contribution in [0.15, 0.2) is 24.3 Å². The van der Waals surface area contributed by atoms with Gasteiger partial charge >= 0.3 is 11.9 Å². The van der Waals surface area contributed by atoms with Crippen LogP contribution in [0.5, 0.6) is 5.75 Å². The fourth-order valence-electron chi connectivity index (χ4n) is 2.22. The molecular formula is C15H18N2O6. The summed E-state index contributed by atoms with van der Waals surface area (Å²) in [7, 11) is 0. The summed E-state index contributed by atoms with van der Waals surface area (Å²) < 4.78 is 10.4. The molecule has 1 aromatic rings. The third-order valence-electron chi connectivity index (χ3n) is 3.22. The third kappa shape index (κ3) is 4.19. The van der Waals surface area contributed by atoms with E-state index < -0.39 is 30.4 Å². The molecule has 2 N–H and O–H groups in total. The van der Waals surface area contributed by atoms with Gasteiger partial charge in [-0.1, -0.05) is 12.1 Å². The Morgan fingerprint density at radius 1 is 1.43 bits per heavy atom. The molecule has 8 nitrogen and oxygen atoms in total. The van der Waals surface area contributed by atoms with Gasteiger partial charge < -0.3 is 14.6 Å². The first-order valence-corrected chi connectivity index (χ1v) is 7.17. The van der Waals surface area contributed by atoms with E-state index in [2.05, 4.69) is 5.32 Å². The van der Waals surface area contributed by atoms with E-state index in [1.807, 2.05) is 0 Å². The molecule has 0 bridgehead atoms. The first-order valence-electron chi connectivity index (χ1n) is 7.17. The number of hydrogen-bond donors (Lipinski definition) is 2. The summed E-state index contributed by atoms with van der Waals surface area (Å²) in [6, 6.07) is 5.85. The van der Waals surface area contributed by atoms with Crippen LogP contribution in [-0.2, 0) is 19.1 Å². The number of carboxylic acids is 1. The molecule has 0 aromatic heterocycles. The number of carboxylic acid groups (broad SMARTS) is 1. The zero-order chi connectivity index (χ0) is 16.8. The maximum atomic E-state index is 12.6. The number of nitrogens with one attached hydrogen (secondary N) is 1. The highest BCUT2D eigenvalue weighted by molar-refractivity contribution is 6.02. The number of rotatable bonds is 6. The fraction of sp³-hybridized carbons (Fsp3) is 0.400. The van der Waals surface area contributed by atoms with Crippen molar-refractivity contribution in [2.75, 3.05) is 31.2 Å². The molecule has 23 heavy (non-hydrogen) atoms. The molecule has 8 heteroatoms. The van der Waals surface area contributed by atoms with Gasteiger partial charge in [-0.25, -0.2) is 0 Å². The van der Waals surface area contributed by atoms with Gasteiger partial charge in [-0.3, -0.25) is 24.6 Å². The molecule has 0 saturated carbocycles. The zero-order valence-electron chi connectivity index (χ0n) is 12.7. The molecule has 0 saturated heterocycles. The highest BCUT2D eigenvalue weighted by Crippen LogP contribution is 2.30. The lowest BCUT2D eigenvalue weighted by atomic mass is 10.2. The number of para-hydroxylation sites is 2. The molecule has 1 aliphatic heterocycles. The fourth-order valence-corrected chi connectivity index (χ4v) is 2.22. The van der Waals surface area contributed by atoms with Gasteiger partial charge in [-0.15, -0.1) is 0 Å². The number of nitrogens with zero attached hydrogens (tertiary/aromatic N) is 1. The number of amides is 1. The molecule has 0 fully saturated rings. The second-order valence-corrected chi connectivity index (χ2v) is 4.84. The number of carbonyl (C=O) groups is 3. The van der Waals surface area contributed by atoms with Crippen LogP contribution in [-0.4, -0.2) is 55.3 Å². The van der Waals surface area contributed by atoms with E-state index in [0.29, 0.717) is 11.4 Å². The Morgan fingerprint density at radius 3 is 2.87 bits per heavy atom. The summed E-state index contributed by atoms with van der Waals surface area (Å²) in [6.45, 7) is 1.27. The van der Waals surface area contributed by atoms with Crippen molar-refractivity contribution >= 4 is 23.5 Å². The summed E-state index contributed by atoms with van der Waals surface area (Å²) in [6.07, 6.45) is 0. The van der Waals surface area contributed by atoms with Crippen LogP contribution >= 0.6 is 0 Å². The highest BCUT2D eigenvalue weighted by Gasteiger charge is 2.32. The van der Waals surface area contributed by atoms with E-state index in [-0.39, 0.29) is 19.8 Å². The van der Waals surface area contributed by atoms with Crippen LogP contribution in [0.1, 0.15) is 6.92 Å². The minimum Gasteiger partial charge on any atom is -0.489 e. The molecule has 1 heterocycles. The van der Waals surface area contributed by atoms with Crippen molar-refractivity contribution in [3.05, 3.63) is 24.3 Å². The molecule has 1 aliphatic rings. The van der Waals surface area contributed by atoms with Gasteiger partial charge in [-0.05, 0) is 19.1 Å². The Kier molecular flexibility index (Phi) is 5.53. The van der Waals surface area contributed by atoms with Gasteiger partial charge in [0, 0.05) is 0 Å². The normalized spacial score (nSPS) is 17.0. The van der Waals surface area contributed by atoms with Crippen molar-refractivity contribution in [1.82, 2.24) is 5.32 Å². The van der Waals surface area contributed by atoms with Crippen LogP contribution < -0.4 is 15.0 Å². The smallest absolute Gasteiger partial charge is 0.323 e. The van der Waals surface area contributed by atoms with Crippen molar-refractivity contribution in [2.45, 2.75) is 13.0 Å². The lowest BCUT2D eigenvalue weighted by molar-refractivity contribution is -0.142. The topological polar surface area (TPSA) is 105 Å². The maximum Gasteiger partial charge on any atom is 0.323 e. The number of aliphatic carboxylic acids is 1. The van der Waals surface area contributed by atoms with Gasteiger partial charge in [0.05, 0.1) is 18.8 Å². The molecule has 0 aliphatic carbocycles. The quantitative estimate of drug-likeness (QED) is 0.711. The summed E-state index contributed by atoms with van der Waals surface area (Å²) in [5.74, 6) is -1.68. The number of esters is 1. The van der Waals surface area contributed by atoms with E-state index in [9.17, 15) is 14.4 Å². The molecule has 0 radical (unpaired) electrons. The van der Waals surface area contributed by atoms with E-state index in [1.54, 1.807) is 31.2 Å². The predicted molar refractivity (Wildman–Crippen MR) is 80.3 cm³/mol. The Morgan fingerprint density at radius 2 is 2.17 bits per heavy atom. The molecule has 1 amide bonds. The molecule has 124 valence electrons. The van der Waals surface area contributed by atoms with Crippen molar-refractivity contribution in [3.63, 3.8) is 0 Å². The standard InChI is InChI=1S/C15H18N2O6/c1-2-22-14(20)7-16-10-9-23-12-6-4-3-5-11(12)17(15(10)21)8-13(18)19/h3-6,10,16H,2,7-9H2,1H3,(H,18,19)/t10-/m0/s1. The van der Waals surface area contributed by atoms with E-state index in [1.165, 1.54) is 0 Å². The second-order valence-electron chi connectivity index (χ2n) is 4.84. The van der Waals surface area contributed by atoms with Gasteiger partial charge in [-0.2, -0.15) is 0 Å². The number of hydrogen-bond acceptors (Lipinski definition) is 6. The Hall–Kier alpha value is -2.61. The van der Waals surface area contributed by atoms with Crippen LogP contribution in [0, 0.1) is 0 Å². The number of benzene rings is 1. The Labute approximate surface area is 133 Å². The minimum atomic E-state index is -1.14. The third-order valence-corrected chi connectivity index (χ3v) is 3.22. The lowest BCUT2D eigenvalue weighted by Crippen LogP contribution is -2.51. The van der Waals surface area contributed by atoms with Crippen molar-refractivity contribution in [1.29, 1.82) is 0 Å².